The lowest BCUT2D eigenvalue weighted by molar-refractivity contribution is -0.107. The lowest BCUT2D eigenvalue weighted by Gasteiger charge is -2.48. The van der Waals surface area contributed by atoms with Gasteiger partial charge in [-0.05, 0) is 62.8 Å². The minimum atomic E-state index is -2.04. The smallest absolute Gasteiger partial charge is 0.198 e. The molecule has 0 aromatic heterocycles. The van der Waals surface area contributed by atoms with E-state index in [-0.39, 0.29) is 39.5 Å². The Labute approximate surface area is 214 Å². The molecule has 2 bridgehead atoms. The van der Waals surface area contributed by atoms with Gasteiger partial charge in [0.05, 0.1) is 28.8 Å². The van der Waals surface area contributed by atoms with Crippen LogP contribution < -0.4 is 10.6 Å². The summed E-state index contributed by atoms with van der Waals surface area (Å²) in [6, 6.07) is 5.06. The summed E-state index contributed by atoms with van der Waals surface area (Å²) >= 11 is 0. The Balaban J connectivity index is 1.77. The van der Waals surface area contributed by atoms with Crippen LogP contribution >= 0.6 is 0 Å². The van der Waals surface area contributed by atoms with Gasteiger partial charge in [-0.3, -0.25) is 9.59 Å². The number of aliphatic hydroxyl groups excluding tert-OH is 2. The number of carbonyl (C=O) groups excluding carboxylic acids is 2. The van der Waals surface area contributed by atoms with E-state index >= 15 is 0 Å². The zero-order chi connectivity index (χ0) is 26.6. The van der Waals surface area contributed by atoms with E-state index in [1.807, 2.05) is 13.8 Å². The molecular formula is C29H26N2O6. The molecule has 1 heterocycles. The predicted octanol–water partition coefficient (Wildman–Crippen LogP) is 1.91. The monoisotopic (exact) mass is 498 g/mol. The number of benzene rings is 2. The number of anilines is 2. The van der Waals surface area contributed by atoms with Crippen molar-refractivity contribution in [2.45, 2.75) is 56.6 Å². The zero-order valence-electron chi connectivity index (χ0n) is 20.5. The Morgan fingerprint density at radius 3 is 2.35 bits per heavy atom. The third kappa shape index (κ3) is 3.70. The number of hydrogen-bond donors (Lipinski definition) is 6. The number of hydrogen-bond acceptors (Lipinski definition) is 8. The van der Waals surface area contributed by atoms with Gasteiger partial charge in [-0.2, -0.15) is 0 Å². The van der Waals surface area contributed by atoms with Crippen LogP contribution in [-0.2, 0) is 0 Å². The molecule has 5 atom stereocenters. The molecule has 188 valence electrons. The maximum atomic E-state index is 13.8. The number of carbonyl (C=O) groups is 2. The second kappa shape index (κ2) is 8.79. The van der Waals surface area contributed by atoms with Crippen LogP contribution in [0.1, 0.15) is 64.1 Å². The lowest BCUT2D eigenvalue weighted by atomic mass is 9.66. The number of nitrogens with one attached hydrogen (secondary N) is 2. The summed E-state index contributed by atoms with van der Waals surface area (Å²) in [7, 11) is 0. The van der Waals surface area contributed by atoms with Crippen molar-refractivity contribution in [1.29, 1.82) is 0 Å². The highest BCUT2D eigenvalue weighted by Crippen LogP contribution is 2.50. The SMILES string of the molecule is CC(C)Nc1ccc2c(c1)C(=O)c1c(O)cc3c(c1C2=O)NC1C#C/C=C\C#CC(O)C3[C@]1(O)C(C)O. The molecule has 3 aliphatic rings. The van der Waals surface area contributed by atoms with E-state index in [2.05, 4.69) is 34.3 Å². The molecule has 8 heteroatoms. The summed E-state index contributed by atoms with van der Waals surface area (Å²) < 4.78 is 0. The van der Waals surface area contributed by atoms with Gasteiger partial charge in [0.15, 0.2) is 11.6 Å². The highest BCUT2D eigenvalue weighted by atomic mass is 16.3. The molecule has 0 spiro atoms. The number of phenols is 1. The number of aliphatic hydroxyl groups is 3. The van der Waals surface area contributed by atoms with Crippen LogP contribution in [0.4, 0.5) is 11.4 Å². The number of allylic oxidation sites excluding steroid dienone is 2. The fraction of sp³-hybridized carbons (Fsp3) is 0.310. The van der Waals surface area contributed by atoms with Gasteiger partial charge in [-0.1, -0.05) is 23.7 Å². The fourth-order valence-electron chi connectivity index (χ4n) is 5.37. The maximum Gasteiger partial charge on any atom is 0.198 e. The second-order valence-electron chi connectivity index (χ2n) is 9.80. The van der Waals surface area contributed by atoms with Crippen molar-refractivity contribution in [3.63, 3.8) is 0 Å². The Kier molecular flexibility index (Phi) is 5.85. The van der Waals surface area contributed by atoms with Gasteiger partial charge in [0.1, 0.15) is 23.5 Å². The molecule has 0 saturated carbocycles. The standard InChI is InChI=1S/C29H26N2O6/c1-14(2)30-16-10-11-17-18(12-16)28(36)23-21(34)13-19-25-20(33)8-6-4-5-7-9-22(29(25,37)15(3)32)31-26(19)24(23)27(17)35/h4-5,10-15,20,22,25,30-34,37H,1-3H3/b5-4-/t15?,20?,22?,25?,29-/m0/s1. The number of rotatable bonds is 3. The largest absolute Gasteiger partial charge is 0.507 e. The molecule has 6 N–H and O–H groups in total. The first kappa shape index (κ1) is 24.6. The molecule has 2 aliphatic carbocycles. The van der Waals surface area contributed by atoms with Crippen molar-refractivity contribution < 1.29 is 30.0 Å². The minimum absolute atomic E-state index is 0.0747. The molecule has 4 unspecified atom stereocenters. The van der Waals surface area contributed by atoms with E-state index in [9.17, 15) is 30.0 Å². The van der Waals surface area contributed by atoms with Crippen LogP contribution in [0.2, 0.25) is 0 Å². The van der Waals surface area contributed by atoms with E-state index in [0.29, 0.717) is 5.69 Å². The molecule has 0 saturated heterocycles. The van der Waals surface area contributed by atoms with Crippen molar-refractivity contribution in [1.82, 2.24) is 0 Å². The second-order valence-corrected chi connectivity index (χ2v) is 9.80. The third-order valence-electron chi connectivity index (χ3n) is 7.03. The molecule has 1 aliphatic heterocycles. The summed E-state index contributed by atoms with van der Waals surface area (Å²) in [5.41, 5.74) is -1.00. The van der Waals surface area contributed by atoms with Crippen molar-refractivity contribution >= 4 is 22.9 Å². The summed E-state index contributed by atoms with van der Waals surface area (Å²) in [6.45, 7) is 5.26. The van der Waals surface area contributed by atoms with E-state index in [1.54, 1.807) is 18.2 Å². The van der Waals surface area contributed by atoms with Gasteiger partial charge in [0, 0.05) is 22.9 Å². The minimum Gasteiger partial charge on any atom is -0.507 e. The van der Waals surface area contributed by atoms with Crippen molar-refractivity contribution in [2.75, 3.05) is 10.6 Å². The fourth-order valence-corrected chi connectivity index (χ4v) is 5.37. The highest BCUT2D eigenvalue weighted by molar-refractivity contribution is 6.31. The van der Waals surface area contributed by atoms with Crippen molar-refractivity contribution in [2.24, 2.45) is 0 Å². The van der Waals surface area contributed by atoms with Crippen molar-refractivity contribution in [3.05, 3.63) is 64.2 Å². The molecule has 5 rings (SSSR count). The Morgan fingerprint density at radius 1 is 1.00 bits per heavy atom. The topological polar surface area (TPSA) is 139 Å². The van der Waals surface area contributed by atoms with Crippen molar-refractivity contribution in [3.8, 4) is 29.4 Å². The zero-order valence-corrected chi connectivity index (χ0v) is 20.5. The highest BCUT2D eigenvalue weighted by Gasteiger charge is 2.56. The van der Waals surface area contributed by atoms with E-state index in [1.165, 1.54) is 25.1 Å². The van der Waals surface area contributed by atoms with Gasteiger partial charge < -0.3 is 31.1 Å². The summed E-state index contributed by atoms with van der Waals surface area (Å²) in [5, 5.41) is 50.7. The first-order valence-electron chi connectivity index (χ1n) is 12.0. The molecule has 37 heavy (non-hydrogen) atoms. The van der Waals surface area contributed by atoms with Gasteiger partial charge >= 0.3 is 0 Å². The van der Waals surface area contributed by atoms with Crippen LogP contribution in [-0.4, -0.2) is 61.9 Å². The Morgan fingerprint density at radius 2 is 1.68 bits per heavy atom. The first-order valence-corrected chi connectivity index (χ1v) is 12.0. The summed E-state index contributed by atoms with van der Waals surface area (Å²) in [5.74, 6) is 8.12. The van der Waals surface area contributed by atoms with Gasteiger partial charge in [0.25, 0.3) is 0 Å². The number of fused-ring (bicyclic) bond motifs is 7. The Hall–Kier alpha value is -4.08. The third-order valence-corrected chi connectivity index (χ3v) is 7.03. The number of aromatic hydroxyl groups is 1. The molecule has 2 aromatic carbocycles. The lowest BCUT2D eigenvalue weighted by Crippen LogP contribution is -2.62. The molecule has 0 fully saturated rings. The van der Waals surface area contributed by atoms with Gasteiger partial charge in [0.2, 0.25) is 0 Å². The van der Waals surface area contributed by atoms with Gasteiger partial charge in [-0.25, -0.2) is 0 Å². The van der Waals surface area contributed by atoms with Crippen LogP contribution in [0.3, 0.4) is 0 Å². The quantitative estimate of drug-likeness (QED) is 0.238. The number of ketones is 2. The average Bonchev–Trinajstić information content (AvgIpc) is 2.83. The summed E-state index contributed by atoms with van der Waals surface area (Å²) in [6.07, 6.45) is 0.0160. The average molecular weight is 499 g/mol. The van der Waals surface area contributed by atoms with Crippen LogP contribution in [0.25, 0.3) is 0 Å². The molecule has 0 radical (unpaired) electrons. The van der Waals surface area contributed by atoms with Crippen LogP contribution in [0.5, 0.6) is 5.75 Å². The molecule has 8 nitrogen and oxygen atoms in total. The van der Waals surface area contributed by atoms with E-state index in [4.69, 9.17) is 0 Å². The van der Waals surface area contributed by atoms with Crippen LogP contribution in [0, 0.1) is 23.7 Å². The molecule has 2 aromatic rings. The van der Waals surface area contributed by atoms with E-state index < -0.39 is 47.1 Å². The molecular weight excluding hydrogens is 472 g/mol. The van der Waals surface area contributed by atoms with Crippen LogP contribution in [0.15, 0.2) is 36.4 Å². The van der Waals surface area contributed by atoms with E-state index in [0.717, 1.165) is 0 Å². The summed E-state index contributed by atoms with van der Waals surface area (Å²) in [4.78, 5) is 27.4. The number of phenolic OH excluding ortho intramolecular Hbond substituents is 1. The first-order chi connectivity index (χ1) is 17.6. The maximum absolute atomic E-state index is 13.8. The predicted molar refractivity (Wildman–Crippen MR) is 138 cm³/mol. The molecule has 0 amide bonds. The Bertz CT molecular complexity index is 1500. The van der Waals surface area contributed by atoms with Gasteiger partial charge in [-0.15, -0.1) is 0 Å². The normalized spacial score (nSPS) is 26.7.